The highest BCUT2D eigenvalue weighted by Crippen LogP contribution is 2.35. The summed E-state index contributed by atoms with van der Waals surface area (Å²) in [7, 11) is 0. The highest BCUT2D eigenvalue weighted by molar-refractivity contribution is 4.89. The molecule has 0 heterocycles. The zero-order valence-electron chi connectivity index (χ0n) is 13.1. The SMILES string of the molecule is CCC1CCC(O)C(CN(CCC(C)C)C2CC2)C1. The van der Waals surface area contributed by atoms with Gasteiger partial charge in [-0.2, -0.15) is 0 Å². The van der Waals surface area contributed by atoms with Gasteiger partial charge < -0.3 is 10.0 Å². The maximum atomic E-state index is 10.3. The number of aliphatic hydroxyl groups excluding tert-OH is 1. The normalized spacial score (nSPS) is 32.2. The van der Waals surface area contributed by atoms with E-state index in [4.69, 9.17) is 0 Å². The molecule has 2 nitrogen and oxygen atoms in total. The van der Waals surface area contributed by atoms with Crippen LogP contribution in [-0.2, 0) is 0 Å². The predicted molar refractivity (Wildman–Crippen MR) is 81.2 cm³/mol. The van der Waals surface area contributed by atoms with Gasteiger partial charge in [-0.15, -0.1) is 0 Å². The number of hydrogen-bond acceptors (Lipinski definition) is 2. The van der Waals surface area contributed by atoms with E-state index in [-0.39, 0.29) is 6.10 Å². The topological polar surface area (TPSA) is 23.5 Å². The molecule has 0 aromatic carbocycles. The van der Waals surface area contributed by atoms with Crippen molar-refractivity contribution in [3.63, 3.8) is 0 Å². The van der Waals surface area contributed by atoms with Gasteiger partial charge in [-0.1, -0.05) is 27.2 Å². The fraction of sp³-hybridized carbons (Fsp3) is 1.00. The van der Waals surface area contributed by atoms with E-state index in [2.05, 4.69) is 25.7 Å². The predicted octanol–water partition coefficient (Wildman–Crippen LogP) is 3.68. The van der Waals surface area contributed by atoms with Crippen molar-refractivity contribution >= 4 is 0 Å². The van der Waals surface area contributed by atoms with Crippen LogP contribution < -0.4 is 0 Å². The van der Waals surface area contributed by atoms with Gasteiger partial charge in [-0.3, -0.25) is 0 Å². The summed E-state index contributed by atoms with van der Waals surface area (Å²) in [5.74, 6) is 2.19. The van der Waals surface area contributed by atoms with E-state index in [0.29, 0.717) is 5.92 Å². The molecule has 19 heavy (non-hydrogen) atoms. The van der Waals surface area contributed by atoms with Crippen LogP contribution in [0.4, 0.5) is 0 Å². The molecule has 2 aliphatic rings. The van der Waals surface area contributed by atoms with Crippen LogP contribution in [0, 0.1) is 17.8 Å². The van der Waals surface area contributed by atoms with Crippen LogP contribution in [0.5, 0.6) is 0 Å². The molecule has 0 bridgehead atoms. The van der Waals surface area contributed by atoms with Crippen LogP contribution in [0.2, 0.25) is 0 Å². The molecule has 1 N–H and O–H groups in total. The maximum Gasteiger partial charge on any atom is 0.0580 e. The molecule has 112 valence electrons. The monoisotopic (exact) mass is 267 g/mol. The van der Waals surface area contributed by atoms with Gasteiger partial charge in [0, 0.05) is 12.6 Å². The third-order valence-electron chi connectivity index (χ3n) is 5.15. The van der Waals surface area contributed by atoms with E-state index in [0.717, 1.165) is 30.8 Å². The number of rotatable bonds is 7. The first-order chi connectivity index (χ1) is 9.10. The molecule has 2 saturated carbocycles. The summed E-state index contributed by atoms with van der Waals surface area (Å²) in [4.78, 5) is 2.69. The minimum atomic E-state index is -0.0388. The Balaban J connectivity index is 1.84. The molecular formula is C17H33NO. The Kier molecular flexibility index (Phi) is 5.70. The summed E-state index contributed by atoms with van der Waals surface area (Å²) in [5.41, 5.74) is 0. The number of aliphatic hydroxyl groups is 1. The Morgan fingerprint density at radius 2 is 1.89 bits per heavy atom. The molecule has 0 saturated heterocycles. The molecule has 3 atom stereocenters. The average molecular weight is 267 g/mol. The molecule has 0 aromatic rings. The van der Waals surface area contributed by atoms with Crippen LogP contribution in [0.25, 0.3) is 0 Å². The lowest BCUT2D eigenvalue weighted by Crippen LogP contribution is -2.40. The van der Waals surface area contributed by atoms with Gasteiger partial charge in [-0.25, -0.2) is 0 Å². The Morgan fingerprint density at radius 1 is 1.16 bits per heavy atom. The minimum Gasteiger partial charge on any atom is -0.393 e. The summed E-state index contributed by atoms with van der Waals surface area (Å²) in [5, 5.41) is 10.3. The lowest BCUT2D eigenvalue weighted by molar-refractivity contribution is 0.0244. The van der Waals surface area contributed by atoms with Gasteiger partial charge in [0.1, 0.15) is 0 Å². The fourth-order valence-corrected chi connectivity index (χ4v) is 3.50. The van der Waals surface area contributed by atoms with E-state index < -0.39 is 0 Å². The van der Waals surface area contributed by atoms with Crippen molar-refractivity contribution in [3.8, 4) is 0 Å². The second kappa shape index (κ2) is 7.08. The van der Waals surface area contributed by atoms with Crippen molar-refractivity contribution in [1.82, 2.24) is 4.90 Å². The molecule has 2 fully saturated rings. The lowest BCUT2D eigenvalue weighted by Gasteiger charge is -2.36. The largest absolute Gasteiger partial charge is 0.393 e. The van der Waals surface area contributed by atoms with Crippen molar-refractivity contribution in [1.29, 1.82) is 0 Å². The Bertz CT molecular complexity index is 262. The highest BCUT2D eigenvalue weighted by Gasteiger charge is 2.34. The Hall–Kier alpha value is -0.0800. The first-order valence-electron chi connectivity index (χ1n) is 8.52. The van der Waals surface area contributed by atoms with Gasteiger partial charge in [-0.05, 0) is 62.8 Å². The molecule has 2 aliphatic carbocycles. The molecule has 0 amide bonds. The van der Waals surface area contributed by atoms with E-state index >= 15 is 0 Å². The minimum absolute atomic E-state index is 0.0388. The third kappa shape index (κ3) is 4.75. The Labute approximate surface area is 119 Å². The summed E-state index contributed by atoms with van der Waals surface area (Å²) >= 11 is 0. The van der Waals surface area contributed by atoms with E-state index in [1.165, 1.54) is 45.1 Å². The molecule has 2 heteroatoms. The van der Waals surface area contributed by atoms with Crippen LogP contribution in [-0.4, -0.2) is 35.2 Å². The van der Waals surface area contributed by atoms with Crippen LogP contribution >= 0.6 is 0 Å². The van der Waals surface area contributed by atoms with Crippen molar-refractivity contribution in [2.45, 2.75) is 77.9 Å². The smallest absolute Gasteiger partial charge is 0.0580 e. The van der Waals surface area contributed by atoms with Crippen molar-refractivity contribution in [3.05, 3.63) is 0 Å². The van der Waals surface area contributed by atoms with Crippen LogP contribution in [0.3, 0.4) is 0 Å². The fourth-order valence-electron chi connectivity index (χ4n) is 3.50. The number of nitrogens with zero attached hydrogens (tertiary/aromatic N) is 1. The maximum absolute atomic E-state index is 10.3. The second-order valence-corrected chi connectivity index (χ2v) is 7.32. The van der Waals surface area contributed by atoms with E-state index in [1.807, 2.05) is 0 Å². The number of hydrogen-bond donors (Lipinski definition) is 1. The first kappa shape index (κ1) is 15.3. The molecule has 0 radical (unpaired) electrons. The molecule has 0 aliphatic heterocycles. The zero-order valence-corrected chi connectivity index (χ0v) is 13.1. The molecular weight excluding hydrogens is 234 g/mol. The van der Waals surface area contributed by atoms with E-state index in [9.17, 15) is 5.11 Å². The summed E-state index contributed by atoms with van der Waals surface area (Å²) < 4.78 is 0. The average Bonchev–Trinajstić information content (AvgIpc) is 3.20. The van der Waals surface area contributed by atoms with Crippen molar-refractivity contribution in [2.24, 2.45) is 17.8 Å². The molecule has 3 unspecified atom stereocenters. The first-order valence-corrected chi connectivity index (χ1v) is 8.52. The van der Waals surface area contributed by atoms with E-state index in [1.54, 1.807) is 0 Å². The van der Waals surface area contributed by atoms with Gasteiger partial charge in [0.15, 0.2) is 0 Å². The van der Waals surface area contributed by atoms with Crippen molar-refractivity contribution < 1.29 is 5.11 Å². The molecule has 2 rings (SSSR count). The van der Waals surface area contributed by atoms with Crippen molar-refractivity contribution in [2.75, 3.05) is 13.1 Å². The van der Waals surface area contributed by atoms with Gasteiger partial charge in [0.05, 0.1) is 6.10 Å². The Morgan fingerprint density at radius 3 is 2.47 bits per heavy atom. The van der Waals surface area contributed by atoms with Crippen LogP contribution in [0.1, 0.15) is 65.7 Å². The highest BCUT2D eigenvalue weighted by atomic mass is 16.3. The molecule has 0 spiro atoms. The zero-order chi connectivity index (χ0) is 13.8. The molecule has 0 aromatic heterocycles. The lowest BCUT2D eigenvalue weighted by atomic mass is 9.78. The summed E-state index contributed by atoms with van der Waals surface area (Å²) in [6.07, 6.45) is 8.85. The van der Waals surface area contributed by atoms with Gasteiger partial charge in [0.2, 0.25) is 0 Å². The van der Waals surface area contributed by atoms with Crippen LogP contribution in [0.15, 0.2) is 0 Å². The second-order valence-electron chi connectivity index (χ2n) is 7.32. The van der Waals surface area contributed by atoms with Gasteiger partial charge in [0.25, 0.3) is 0 Å². The van der Waals surface area contributed by atoms with Gasteiger partial charge >= 0.3 is 0 Å². The summed E-state index contributed by atoms with van der Waals surface area (Å²) in [6, 6.07) is 0.841. The quantitative estimate of drug-likeness (QED) is 0.760. The standard InChI is InChI=1S/C17H33NO/c1-4-14-5-8-17(19)15(11-14)12-18(16-6-7-16)10-9-13(2)3/h13-17,19H,4-12H2,1-3H3. The summed E-state index contributed by atoms with van der Waals surface area (Å²) in [6.45, 7) is 9.32. The third-order valence-corrected chi connectivity index (χ3v) is 5.15.